The molecule has 1 atom stereocenters. The molecule has 0 radical (unpaired) electrons. The molecule has 0 aromatic heterocycles. The Morgan fingerprint density at radius 1 is 1.47 bits per heavy atom. The molecule has 4 heteroatoms. The number of ketones is 1. The molecular formula is C13H23NO3. The van der Waals surface area contributed by atoms with Gasteiger partial charge < -0.3 is 10.1 Å². The zero-order valence-corrected chi connectivity index (χ0v) is 11.3. The first kappa shape index (κ1) is 14.0. The second-order valence-corrected chi connectivity index (χ2v) is 6.24. The van der Waals surface area contributed by atoms with Crippen molar-refractivity contribution in [2.75, 3.05) is 6.54 Å². The highest BCUT2D eigenvalue weighted by Crippen LogP contribution is 2.33. The van der Waals surface area contributed by atoms with Crippen molar-refractivity contribution in [3.05, 3.63) is 0 Å². The topological polar surface area (TPSA) is 55.4 Å². The lowest BCUT2D eigenvalue weighted by atomic mass is 9.75. The fourth-order valence-electron chi connectivity index (χ4n) is 2.12. The van der Waals surface area contributed by atoms with E-state index in [2.05, 4.69) is 5.32 Å². The summed E-state index contributed by atoms with van der Waals surface area (Å²) in [7, 11) is 0. The summed E-state index contributed by atoms with van der Waals surface area (Å²) >= 11 is 0. The predicted molar refractivity (Wildman–Crippen MR) is 65.8 cm³/mol. The Hall–Kier alpha value is -1.06. The van der Waals surface area contributed by atoms with Crippen molar-refractivity contribution >= 4 is 11.9 Å². The van der Waals surface area contributed by atoms with E-state index in [-0.39, 0.29) is 5.41 Å². The van der Waals surface area contributed by atoms with Crippen molar-refractivity contribution in [3.63, 3.8) is 0 Å². The molecule has 0 bridgehead atoms. The van der Waals surface area contributed by atoms with Gasteiger partial charge in [-0.2, -0.15) is 0 Å². The normalized spacial score (nSPS) is 25.5. The van der Waals surface area contributed by atoms with E-state index in [0.29, 0.717) is 25.2 Å². The fraction of sp³-hybridized carbons (Fsp3) is 0.846. The van der Waals surface area contributed by atoms with E-state index < -0.39 is 11.7 Å². The van der Waals surface area contributed by atoms with Gasteiger partial charge in [-0.15, -0.1) is 0 Å². The van der Waals surface area contributed by atoms with Crippen LogP contribution in [-0.2, 0) is 9.53 Å². The molecule has 1 fully saturated rings. The Labute approximate surface area is 103 Å². The highest BCUT2D eigenvalue weighted by molar-refractivity contribution is 5.80. The third kappa shape index (κ3) is 5.20. The second-order valence-electron chi connectivity index (χ2n) is 6.24. The van der Waals surface area contributed by atoms with Gasteiger partial charge in [0.25, 0.3) is 0 Å². The average Bonchev–Trinajstić information content (AvgIpc) is 2.12. The van der Waals surface area contributed by atoms with E-state index >= 15 is 0 Å². The Balaban J connectivity index is 2.39. The maximum absolute atomic E-state index is 11.5. The molecule has 0 aromatic carbocycles. The molecule has 1 aliphatic carbocycles. The van der Waals surface area contributed by atoms with Crippen molar-refractivity contribution in [1.82, 2.24) is 5.32 Å². The SMILES string of the molecule is CC1(CNC(=O)OC(C)(C)C)CCCC(=O)C1. The molecule has 0 spiro atoms. The summed E-state index contributed by atoms with van der Waals surface area (Å²) in [6.45, 7) is 8.05. The van der Waals surface area contributed by atoms with Gasteiger partial charge in [-0.05, 0) is 39.0 Å². The Morgan fingerprint density at radius 2 is 2.12 bits per heavy atom. The third-order valence-electron chi connectivity index (χ3n) is 2.92. The first-order valence-corrected chi connectivity index (χ1v) is 6.19. The molecule has 1 amide bonds. The van der Waals surface area contributed by atoms with Crippen LogP contribution in [0.4, 0.5) is 4.79 Å². The van der Waals surface area contributed by atoms with Gasteiger partial charge in [0.05, 0.1) is 0 Å². The fourth-order valence-corrected chi connectivity index (χ4v) is 2.12. The number of amides is 1. The van der Waals surface area contributed by atoms with Crippen LogP contribution in [0, 0.1) is 5.41 Å². The number of carbonyl (C=O) groups excluding carboxylic acids is 2. The second kappa shape index (κ2) is 5.07. The van der Waals surface area contributed by atoms with Gasteiger partial charge in [-0.25, -0.2) is 4.79 Å². The summed E-state index contributed by atoms with van der Waals surface area (Å²) in [5.41, 5.74) is -0.584. The Kier molecular flexibility index (Phi) is 4.17. The number of hydrogen-bond donors (Lipinski definition) is 1. The maximum atomic E-state index is 11.5. The summed E-state index contributed by atoms with van der Waals surface area (Å²) < 4.78 is 5.17. The van der Waals surface area contributed by atoms with E-state index in [9.17, 15) is 9.59 Å². The van der Waals surface area contributed by atoms with Crippen molar-refractivity contribution in [3.8, 4) is 0 Å². The van der Waals surface area contributed by atoms with Gasteiger partial charge in [0, 0.05) is 19.4 Å². The van der Waals surface area contributed by atoms with Crippen LogP contribution in [0.15, 0.2) is 0 Å². The Morgan fingerprint density at radius 3 is 2.65 bits per heavy atom. The van der Waals surface area contributed by atoms with Crippen molar-refractivity contribution in [2.45, 2.75) is 59.0 Å². The predicted octanol–water partition coefficient (Wildman–Crippen LogP) is 2.66. The number of alkyl carbamates (subject to hydrolysis) is 1. The quantitative estimate of drug-likeness (QED) is 0.808. The van der Waals surface area contributed by atoms with Crippen LogP contribution in [0.5, 0.6) is 0 Å². The minimum atomic E-state index is -0.479. The van der Waals surface area contributed by atoms with Gasteiger partial charge in [0.1, 0.15) is 11.4 Å². The van der Waals surface area contributed by atoms with E-state index in [1.165, 1.54) is 0 Å². The number of hydrogen-bond acceptors (Lipinski definition) is 3. The van der Waals surface area contributed by atoms with Crippen LogP contribution in [-0.4, -0.2) is 24.0 Å². The molecule has 1 N–H and O–H groups in total. The number of nitrogens with one attached hydrogen (secondary N) is 1. The zero-order valence-electron chi connectivity index (χ0n) is 11.3. The number of ether oxygens (including phenoxy) is 1. The minimum absolute atomic E-state index is 0.105. The lowest BCUT2D eigenvalue weighted by molar-refractivity contribution is -0.123. The molecule has 98 valence electrons. The van der Waals surface area contributed by atoms with Crippen LogP contribution < -0.4 is 5.32 Å². The highest BCUT2D eigenvalue weighted by Gasteiger charge is 2.31. The molecule has 0 aromatic rings. The molecule has 17 heavy (non-hydrogen) atoms. The van der Waals surface area contributed by atoms with Crippen molar-refractivity contribution in [2.24, 2.45) is 5.41 Å². The van der Waals surface area contributed by atoms with Crippen molar-refractivity contribution in [1.29, 1.82) is 0 Å². The number of rotatable bonds is 2. The summed E-state index contributed by atoms with van der Waals surface area (Å²) in [6, 6.07) is 0. The van der Waals surface area contributed by atoms with Crippen LogP contribution in [0.25, 0.3) is 0 Å². The molecule has 0 aliphatic heterocycles. The van der Waals surface area contributed by atoms with Crippen LogP contribution in [0.1, 0.15) is 53.4 Å². The average molecular weight is 241 g/mol. The number of Topliss-reactive ketones (excluding diaryl/α,β-unsaturated/α-hetero) is 1. The molecule has 0 saturated heterocycles. The summed E-state index contributed by atoms with van der Waals surface area (Å²) in [5.74, 6) is 0.296. The van der Waals surface area contributed by atoms with Crippen LogP contribution >= 0.6 is 0 Å². The molecular weight excluding hydrogens is 218 g/mol. The lowest BCUT2D eigenvalue weighted by Crippen LogP contribution is -2.41. The third-order valence-corrected chi connectivity index (χ3v) is 2.92. The molecule has 1 aliphatic rings. The first-order chi connectivity index (χ1) is 7.70. The molecule has 0 heterocycles. The van der Waals surface area contributed by atoms with Gasteiger partial charge in [-0.1, -0.05) is 6.92 Å². The van der Waals surface area contributed by atoms with E-state index in [1.807, 2.05) is 27.7 Å². The smallest absolute Gasteiger partial charge is 0.407 e. The molecule has 1 saturated carbocycles. The van der Waals surface area contributed by atoms with Gasteiger partial charge in [0.15, 0.2) is 0 Å². The van der Waals surface area contributed by atoms with Crippen LogP contribution in [0.3, 0.4) is 0 Å². The zero-order chi connectivity index (χ0) is 13.1. The van der Waals surface area contributed by atoms with E-state index in [0.717, 1.165) is 12.8 Å². The summed E-state index contributed by atoms with van der Waals surface area (Å²) in [4.78, 5) is 22.9. The van der Waals surface area contributed by atoms with Gasteiger partial charge in [0.2, 0.25) is 0 Å². The van der Waals surface area contributed by atoms with Gasteiger partial charge in [-0.3, -0.25) is 4.79 Å². The standard InChI is InChI=1S/C13H23NO3/c1-12(2,3)17-11(16)14-9-13(4)7-5-6-10(15)8-13/h5-9H2,1-4H3,(H,14,16). The largest absolute Gasteiger partial charge is 0.444 e. The maximum Gasteiger partial charge on any atom is 0.407 e. The summed E-state index contributed by atoms with van der Waals surface area (Å²) in [6.07, 6.45) is 2.74. The van der Waals surface area contributed by atoms with Gasteiger partial charge >= 0.3 is 6.09 Å². The van der Waals surface area contributed by atoms with Crippen molar-refractivity contribution < 1.29 is 14.3 Å². The monoisotopic (exact) mass is 241 g/mol. The Bertz CT molecular complexity index is 306. The lowest BCUT2D eigenvalue weighted by Gasteiger charge is -2.33. The van der Waals surface area contributed by atoms with E-state index in [4.69, 9.17) is 4.74 Å². The summed E-state index contributed by atoms with van der Waals surface area (Å²) in [5, 5.41) is 2.76. The molecule has 4 nitrogen and oxygen atoms in total. The van der Waals surface area contributed by atoms with Crippen LogP contribution in [0.2, 0.25) is 0 Å². The highest BCUT2D eigenvalue weighted by atomic mass is 16.6. The first-order valence-electron chi connectivity index (χ1n) is 6.19. The van der Waals surface area contributed by atoms with E-state index in [1.54, 1.807) is 0 Å². The number of carbonyl (C=O) groups is 2. The molecule has 1 unspecified atom stereocenters. The minimum Gasteiger partial charge on any atom is -0.444 e. The molecule has 1 rings (SSSR count).